The molecule has 4 N–H and O–H groups in total. The third-order valence-corrected chi connectivity index (χ3v) is 6.59. The van der Waals surface area contributed by atoms with Crippen molar-refractivity contribution in [1.82, 2.24) is 5.32 Å². The van der Waals surface area contributed by atoms with Crippen molar-refractivity contribution in [2.24, 2.45) is 28.9 Å². The fourth-order valence-corrected chi connectivity index (χ4v) is 5.84. The average Bonchev–Trinajstić information content (AvgIpc) is 2.60. The van der Waals surface area contributed by atoms with Crippen molar-refractivity contribution in [3.8, 4) is 0 Å². The summed E-state index contributed by atoms with van der Waals surface area (Å²) in [6.07, 6.45) is 7.20. The van der Waals surface area contributed by atoms with E-state index in [0.717, 1.165) is 37.0 Å². The van der Waals surface area contributed by atoms with Gasteiger partial charge >= 0.3 is 0 Å². The number of amides is 3. The van der Waals surface area contributed by atoms with Crippen molar-refractivity contribution in [3.63, 3.8) is 0 Å². The van der Waals surface area contributed by atoms with E-state index in [1.807, 2.05) is 0 Å². The number of hydrogen-bond donors (Lipinski definition) is 3. The van der Waals surface area contributed by atoms with Crippen LogP contribution < -0.4 is 16.4 Å². The third kappa shape index (κ3) is 3.70. The van der Waals surface area contributed by atoms with E-state index in [-0.39, 0.29) is 23.7 Å². The molecule has 0 heterocycles. The van der Waals surface area contributed by atoms with Gasteiger partial charge in [0.1, 0.15) is 0 Å². The van der Waals surface area contributed by atoms with Crippen LogP contribution in [0.1, 0.15) is 55.3 Å². The Balaban J connectivity index is 1.27. The van der Waals surface area contributed by atoms with Gasteiger partial charge in [0.15, 0.2) is 0 Å². The predicted octanol–water partition coefficient (Wildman–Crippen LogP) is 2.45. The lowest BCUT2D eigenvalue weighted by atomic mass is 9.49. The highest BCUT2D eigenvalue weighted by atomic mass is 16.2. The molecule has 6 nitrogen and oxygen atoms in total. The maximum atomic E-state index is 12.9. The van der Waals surface area contributed by atoms with Gasteiger partial charge in [-0.25, -0.2) is 0 Å². The summed E-state index contributed by atoms with van der Waals surface area (Å²) in [5.74, 6) is 1.59. The molecule has 0 atom stereocenters. The number of primary amides is 1. The Hall–Kier alpha value is -2.37. The zero-order valence-corrected chi connectivity index (χ0v) is 15.5. The maximum absolute atomic E-state index is 12.9. The molecule has 0 spiro atoms. The van der Waals surface area contributed by atoms with Gasteiger partial charge in [-0.2, -0.15) is 0 Å². The molecule has 0 saturated heterocycles. The van der Waals surface area contributed by atoms with Crippen LogP contribution in [-0.2, 0) is 9.59 Å². The zero-order chi connectivity index (χ0) is 19.0. The number of carbonyl (C=O) groups excluding carboxylic acids is 3. The Kier molecular flexibility index (Phi) is 4.66. The van der Waals surface area contributed by atoms with Crippen LogP contribution in [-0.4, -0.2) is 24.3 Å². The van der Waals surface area contributed by atoms with E-state index in [0.29, 0.717) is 17.8 Å². The van der Waals surface area contributed by atoms with E-state index >= 15 is 0 Å². The average molecular weight is 369 g/mol. The van der Waals surface area contributed by atoms with Gasteiger partial charge in [-0.05, 0) is 74.5 Å². The second-order valence-corrected chi connectivity index (χ2v) is 8.70. The summed E-state index contributed by atoms with van der Waals surface area (Å²) in [6, 6.07) is 6.53. The lowest BCUT2D eigenvalue weighted by molar-refractivity contribution is -0.146. The predicted molar refractivity (Wildman–Crippen MR) is 102 cm³/mol. The minimum absolute atomic E-state index is 0.144. The van der Waals surface area contributed by atoms with Gasteiger partial charge < -0.3 is 16.4 Å². The fourth-order valence-electron chi connectivity index (χ4n) is 5.84. The van der Waals surface area contributed by atoms with Crippen LogP contribution in [0.5, 0.6) is 0 Å². The summed E-state index contributed by atoms with van der Waals surface area (Å²) in [5, 5.41) is 5.76. The first kappa shape index (κ1) is 18.0. The maximum Gasteiger partial charge on any atom is 0.248 e. The highest BCUT2D eigenvalue weighted by Crippen LogP contribution is 2.60. The minimum Gasteiger partial charge on any atom is -0.366 e. The van der Waals surface area contributed by atoms with Crippen LogP contribution in [0.3, 0.4) is 0 Å². The summed E-state index contributed by atoms with van der Waals surface area (Å²) >= 11 is 0. The molecule has 4 bridgehead atoms. The standard InChI is InChI=1S/C21H27N3O3/c22-19(26)16-2-1-3-17(9-16)24-18(25)4-5-23-20(27)21-10-13-6-14(11-21)8-15(7-13)12-21/h1-3,9,13-15H,4-8,10-12H2,(H2,22,26)(H,23,27)(H,24,25). The molecule has 5 rings (SSSR count). The molecule has 1 aromatic carbocycles. The van der Waals surface area contributed by atoms with Crippen LogP contribution in [0, 0.1) is 23.2 Å². The van der Waals surface area contributed by atoms with E-state index in [4.69, 9.17) is 5.73 Å². The molecule has 4 fully saturated rings. The Morgan fingerprint density at radius 3 is 2.26 bits per heavy atom. The van der Waals surface area contributed by atoms with Crippen LogP contribution >= 0.6 is 0 Å². The van der Waals surface area contributed by atoms with Gasteiger partial charge in [-0.1, -0.05) is 6.07 Å². The molecule has 144 valence electrons. The molecule has 27 heavy (non-hydrogen) atoms. The van der Waals surface area contributed by atoms with E-state index in [1.165, 1.54) is 19.3 Å². The zero-order valence-electron chi connectivity index (χ0n) is 15.5. The number of carbonyl (C=O) groups is 3. The van der Waals surface area contributed by atoms with E-state index < -0.39 is 5.91 Å². The van der Waals surface area contributed by atoms with Crippen molar-refractivity contribution in [2.75, 3.05) is 11.9 Å². The van der Waals surface area contributed by atoms with Gasteiger partial charge in [-0.15, -0.1) is 0 Å². The number of nitrogens with one attached hydrogen (secondary N) is 2. The van der Waals surface area contributed by atoms with Gasteiger partial charge in [0, 0.05) is 29.6 Å². The van der Waals surface area contributed by atoms with Crippen molar-refractivity contribution >= 4 is 23.4 Å². The number of benzene rings is 1. The molecule has 1 aromatic rings. The molecule has 0 aliphatic heterocycles. The first-order chi connectivity index (χ1) is 12.9. The molecule has 4 saturated carbocycles. The Labute approximate surface area is 159 Å². The number of hydrogen-bond acceptors (Lipinski definition) is 3. The smallest absolute Gasteiger partial charge is 0.248 e. The third-order valence-electron chi connectivity index (χ3n) is 6.59. The summed E-state index contributed by atoms with van der Waals surface area (Å²) < 4.78 is 0. The van der Waals surface area contributed by atoms with E-state index in [1.54, 1.807) is 24.3 Å². The van der Waals surface area contributed by atoms with Gasteiger partial charge in [0.25, 0.3) is 0 Å². The summed E-state index contributed by atoms with van der Waals surface area (Å²) in [4.78, 5) is 36.2. The summed E-state index contributed by atoms with van der Waals surface area (Å²) in [6.45, 7) is 0.335. The number of nitrogens with two attached hydrogens (primary N) is 1. The molecule has 4 aliphatic carbocycles. The van der Waals surface area contributed by atoms with E-state index in [9.17, 15) is 14.4 Å². The van der Waals surface area contributed by atoms with Crippen LogP contribution in [0.25, 0.3) is 0 Å². The first-order valence-electron chi connectivity index (χ1n) is 9.91. The molecule has 4 aliphatic rings. The van der Waals surface area contributed by atoms with Crippen molar-refractivity contribution < 1.29 is 14.4 Å². The molecule has 0 radical (unpaired) electrons. The van der Waals surface area contributed by atoms with Crippen molar-refractivity contribution in [1.29, 1.82) is 0 Å². The lowest BCUT2D eigenvalue weighted by Crippen LogP contribution is -2.53. The van der Waals surface area contributed by atoms with Gasteiger partial charge in [0.2, 0.25) is 17.7 Å². The Bertz CT molecular complexity index is 738. The molecular formula is C21H27N3O3. The lowest BCUT2D eigenvalue weighted by Gasteiger charge is -2.55. The second kappa shape index (κ2) is 6.98. The Morgan fingerprint density at radius 2 is 1.67 bits per heavy atom. The molecular weight excluding hydrogens is 342 g/mol. The van der Waals surface area contributed by atoms with Gasteiger partial charge in [0.05, 0.1) is 0 Å². The fraction of sp³-hybridized carbons (Fsp3) is 0.571. The SMILES string of the molecule is NC(=O)c1cccc(NC(=O)CCNC(=O)C23CC4CC(CC(C4)C2)C3)c1. The highest BCUT2D eigenvalue weighted by Gasteiger charge is 2.54. The largest absolute Gasteiger partial charge is 0.366 e. The molecule has 0 aromatic heterocycles. The molecule has 3 amide bonds. The van der Waals surface area contributed by atoms with Gasteiger partial charge in [-0.3, -0.25) is 14.4 Å². The minimum atomic E-state index is -0.533. The first-order valence-corrected chi connectivity index (χ1v) is 9.91. The molecule has 6 heteroatoms. The molecule has 0 unspecified atom stereocenters. The quantitative estimate of drug-likeness (QED) is 0.718. The normalized spacial score (nSPS) is 30.7. The Morgan fingerprint density at radius 1 is 1.04 bits per heavy atom. The van der Waals surface area contributed by atoms with E-state index in [2.05, 4.69) is 10.6 Å². The van der Waals surface area contributed by atoms with Crippen molar-refractivity contribution in [2.45, 2.75) is 44.9 Å². The highest BCUT2D eigenvalue weighted by molar-refractivity contribution is 5.96. The van der Waals surface area contributed by atoms with Crippen molar-refractivity contribution in [3.05, 3.63) is 29.8 Å². The number of rotatable bonds is 6. The topological polar surface area (TPSA) is 101 Å². The summed E-state index contributed by atoms with van der Waals surface area (Å²) in [7, 11) is 0. The van der Waals surface area contributed by atoms with Crippen LogP contribution in [0.4, 0.5) is 5.69 Å². The second-order valence-electron chi connectivity index (χ2n) is 8.70. The van der Waals surface area contributed by atoms with Crippen LogP contribution in [0.15, 0.2) is 24.3 Å². The summed E-state index contributed by atoms with van der Waals surface area (Å²) in [5.41, 5.74) is 5.95. The number of anilines is 1. The monoisotopic (exact) mass is 369 g/mol. The van der Waals surface area contributed by atoms with Crippen LogP contribution in [0.2, 0.25) is 0 Å².